The summed E-state index contributed by atoms with van der Waals surface area (Å²) < 4.78 is 11.0. The largest absolute Gasteiger partial charge is 0.507 e. The van der Waals surface area contributed by atoms with Gasteiger partial charge in [-0.25, -0.2) is 4.79 Å². The first-order valence-electron chi connectivity index (χ1n) is 7.58. The first kappa shape index (κ1) is 16.8. The van der Waals surface area contributed by atoms with Crippen LogP contribution in [0.4, 0.5) is 0 Å². The van der Waals surface area contributed by atoms with Gasteiger partial charge >= 0.3 is 5.63 Å². The minimum atomic E-state index is -1.51. The molecular formula is C17H24O5. The maximum Gasteiger partial charge on any atom is 0.342 e. The lowest BCUT2D eigenvalue weighted by Gasteiger charge is -2.38. The zero-order chi connectivity index (χ0) is 16.7. The van der Waals surface area contributed by atoms with Gasteiger partial charge in [-0.15, -0.1) is 0 Å². The van der Waals surface area contributed by atoms with Crippen LogP contribution >= 0.6 is 0 Å². The molecule has 122 valence electrons. The summed E-state index contributed by atoms with van der Waals surface area (Å²) in [5.41, 5.74) is -0.794. The molecule has 0 aliphatic carbocycles. The van der Waals surface area contributed by atoms with E-state index in [2.05, 4.69) is 19.9 Å². The van der Waals surface area contributed by atoms with E-state index in [1.165, 1.54) is 6.92 Å². The van der Waals surface area contributed by atoms with Crippen molar-refractivity contribution in [2.75, 3.05) is 0 Å². The summed E-state index contributed by atoms with van der Waals surface area (Å²) in [5.74, 6) is 0.293. The highest BCUT2D eigenvalue weighted by molar-refractivity contribution is 5.43. The Bertz CT molecular complexity index is 654. The number of rotatable bonds is 3. The number of allylic oxidation sites excluding steroid dienone is 1. The van der Waals surface area contributed by atoms with Crippen LogP contribution < -0.4 is 5.63 Å². The van der Waals surface area contributed by atoms with Crippen molar-refractivity contribution in [3.63, 3.8) is 0 Å². The smallest absolute Gasteiger partial charge is 0.342 e. The van der Waals surface area contributed by atoms with E-state index in [1.807, 2.05) is 6.92 Å². The fraction of sp³-hybridized carbons (Fsp3) is 0.588. The Kier molecular flexibility index (Phi) is 4.49. The van der Waals surface area contributed by atoms with Crippen molar-refractivity contribution in [1.82, 2.24) is 0 Å². The first-order valence-corrected chi connectivity index (χ1v) is 7.58. The SMILES string of the molecule is CC[C@@H](C)C=C(C)[C@@H]1OCc2c(oc(=O)c(C)c2O)[C@]1(C)O. The third-order valence-corrected chi connectivity index (χ3v) is 4.39. The number of aromatic hydroxyl groups is 1. The van der Waals surface area contributed by atoms with E-state index in [-0.39, 0.29) is 23.7 Å². The fourth-order valence-electron chi connectivity index (χ4n) is 2.88. The molecule has 1 aromatic heterocycles. The predicted molar refractivity (Wildman–Crippen MR) is 82.7 cm³/mol. The second kappa shape index (κ2) is 5.89. The van der Waals surface area contributed by atoms with E-state index in [4.69, 9.17) is 9.15 Å². The monoisotopic (exact) mass is 308 g/mol. The highest BCUT2D eigenvalue weighted by atomic mass is 16.5. The van der Waals surface area contributed by atoms with Crippen LogP contribution in [0.25, 0.3) is 0 Å². The Balaban J connectivity index is 2.51. The molecule has 5 nitrogen and oxygen atoms in total. The molecule has 2 heterocycles. The van der Waals surface area contributed by atoms with Gasteiger partial charge < -0.3 is 19.4 Å². The van der Waals surface area contributed by atoms with Crippen molar-refractivity contribution in [3.8, 4) is 5.75 Å². The van der Waals surface area contributed by atoms with E-state index in [0.29, 0.717) is 11.5 Å². The summed E-state index contributed by atoms with van der Waals surface area (Å²) in [7, 11) is 0. The average Bonchev–Trinajstić information content (AvgIpc) is 2.45. The third-order valence-electron chi connectivity index (χ3n) is 4.39. The molecule has 2 rings (SSSR count). The van der Waals surface area contributed by atoms with Crippen LogP contribution in [0.5, 0.6) is 5.75 Å². The van der Waals surface area contributed by atoms with E-state index >= 15 is 0 Å². The lowest BCUT2D eigenvalue weighted by Crippen LogP contribution is -2.44. The lowest BCUT2D eigenvalue weighted by molar-refractivity contribution is -0.122. The van der Waals surface area contributed by atoms with E-state index in [0.717, 1.165) is 12.0 Å². The second-order valence-corrected chi connectivity index (χ2v) is 6.31. The van der Waals surface area contributed by atoms with Gasteiger partial charge in [-0.1, -0.05) is 26.3 Å². The zero-order valence-corrected chi connectivity index (χ0v) is 13.8. The maximum atomic E-state index is 11.8. The Labute approximate surface area is 130 Å². The number of fused-ring (bicyclic) bond motifs is 1. The molecule has 22 heavy (non-hydrogen) atoms. The van der Waals surface area contributed by atoms with Crippen molar-refractivity contribution >= 4 is 0 Å². The van der Waals surface area contributed by atoms with Crippen molar-refractivity contribution in [2.45, 2.75) is 59.4 Å². The molecule has 0 radical (unpaired) electrons. The molecule has 0 spiro atoms. The second-order valence-electron chi connectivity index (χ2n) is 6.31. The third kappa shape index (κ3) is 2.71. The summed E-state index contributed by atoms with van der Waals surface area (Å²) >= 11 is 0. The Morgan fingerprint density at radius 2 is 2.18 bits per heavy atom. The van der Waals surface area contributed by atoms with E-state index < -0.39 is 17.3 Å². The minimum absolute atomic E-state index is 0.0914. The van der Waals surface area contributed by atoms with Crippen LogP contribution in [0.1, 0.15) is 51.0 Å². The zero-order valence-electron chi connectivity index (χ0n) is 13.8. The fourth-order valence-corrected chi connectivity index (χ4v) is 2.88. The summed E-state index contributed by atoms with van der Waals surface area (Å²) in [6.07, 6.45) is 2.42. The number of aliphatic hydroxyl groups is 1. The maximum absolute atomic E-state index is 11.8. The van der Waals surface area contributed by atoms with Crippen molar-refractivity contribution in [1.29, 1.82) is 0 Å². The topological polar surface area (TPSA) is 79.9 Å². The molecule has 0 fully saturated rings. The molecule has 1 aliphatic heterocycles. The summed E-state index contributed by atoms with van der Waals surface area (Å²) in [4.78, 5) is 11.8. The van der Waals surface area contributed by atoms with Gasteiger partial charge in [0.1, 0.15) is 17.5 Å². The van der Waals surface area contributed by atoms with Gasteiger partial charge in [0.05, 0.1) is 17.7 Å². The van der Waals surface area contributed by atoms with Gasteiger partial charge in [-0.2, -0.15) is 0 Å². The molecule has 0 saturated heterocycles. The summed E-state index contributed by atoms with van der Waals surface area (Å²) in [6.45, 7) is 9.19. The van der Waals surface area contributed by atoms with Crippen LogP contribution in [0.2, 0.25) is 0 Å². The van der Waals surface area contributed by atoms with Crippen LogP contribution in [0.3, 0.4) is 0 Å². The molecule has 1 aliphatic rings. The van der Waals surface area contributed by atoms with Gasteiger partial charge in [0.15, 0.2) is 5.76 Å². The van der Waals surface area contributed by atoms with Crippen molar-refractivity contribution in [3.05, 3.63) is 39.0 Å². The van der Waals surface area contributed by atoms with Gasteiger partial charge in [-0.05, 0) is 32.3 Å². The van der Waals surface area contributed by atoms with Gasteiger partial charge in [0.25, 0.3) is 0 Å². The van der Waals surface area contributed by atoms with Crippen LogP contribution in [0.15, 0.2) is 20.9 Å². The van der Waals surface area contributed by atoms with Gasteiger partial charge in [0.2, 0.25) is 0 Å². The molecule has 1 aromatic rings. The lowest BCUT2D eigenvalue weighted by atomic mass is 9.84. The van der Waals surface area contributed by atoms with Crippen LogP contribution in [-0.2, 0) is 16.9 Å². The van der Waals surface area contributed by atoms with Gasteiger partial charge in [-0.3, -0.25) is 0 Å². The molecule has 0 aromatic carbocycles. The summed E-state index contributed by atoms with van der Waals surface area (Å²) in [6, 6.07) is 0. The molecule has 5 heteroatoms. The number of hydrogen-bond donors (Lipinski definition) is 2. The van der Waals surface area contributed by atoms with E-state index in [9.17, 15) is 15.0 Å². The minimum Gasteiger partial charge on any atom is -0.507 e. The molecular weight excluding hydrogens is 284 g/mol. The average molecular weight is 308 g/mol. The molecule has 2 N–H and O–H groups in total. The van der Waals surface area contributed by atoms with Crippen LogP contribution in [0, 0.1) is 12.8 Å². The van der Waals surface area contributed by atoms with Gasteiger partial charge in [0, 0.05) is 0 Å². The highest BCUT2D eigenvalue weighted by Crippen LogP contribution is 2.41. The quantitative estimate of drug-likeness (QED) is 0.839. The Hall–Kier alpha value is -1.59. The normalized spacial score (nSPS) is 26.6. The Morgan fingerprint density at radius 1 is 1.55 bits per heavy atom. The van der Waals surface area contributed by atoms with Crippen molar-refractivity contribution < 1.29 is 19.4 Å². The molecule has 0 amide bonds. The van der Waals surface area contributed by atoms with E-state index in [1.54, 1.807) is 6.92 Å². The molecule has 3 atom stereocenters. The highest BCUT2D eigenvalue weighted by Gasteiger charge is 2.45. The molecule has 0 bridgehead atoms. The van der Waals surface area contributed by atoms with Crippen LogP contribution in [-0.4, -0.2) is 16.3 Å². The number of hydrogen-bond acceptors (Lipinski definition) is 5. The first-order chi connectivity index (χ1) is 10.2. The number of ether oxygens (including phenoxy) is 1. The predicted octanol–water partition coefficient (Wildman–Crippen LogP) is 2.75. The standard InChI is InChI=1S/C17H24O5/c1-6-9(2)7-10(3)14-17(5,20)15-12(8-21-14)13(18)11(4)16(19)22-15/h7,9,14,18,20H,6,8H2,1-5H3/t9-,14+,17-/m1/s1. The molecule has 0 saturated carbocycles. The molecule has 0 unspecified atom stereocenters. The summed E-state index contributed by atoms with van der Waals surface area (Å²) in [5, 5.41) is 21.0. The Morgan fingerprint density at radius 3 is 2.77 bits per heavy atom. The van der Waals surface area contributed by atoms with Crippen molar-refractivity contribution in [2.24, 2.45) is 5.92 Å².